The molecule has 0 spiro atoms. The van der Waals surface area contributed by atoms with Crippen molar-refractivity contribution < 1.29 is 49.0 Å². The lowest BCUT2D eigenvalue weighted by molar-refractivity contribution is -0.305. The first-order valence-electron chi connectivity index (χ1n) is 23.3. The zero-order valence-electron chi connectivity index (χ0n) is 37.6. The van der Waals surface area contributed by atoms with Gasteiger partial charge in [0.15, 0.2) is 12.4 Å². The summed E-state index contributed by atoms with van der Waals surface area (Å²) in [5.41, 5.74) is 0. The monoisotopic (exact) mass is 855 g/mol. The van der Waals surface area contributed by atoms with Gasteiger partial charge in [0, 0.05) is 12.8 Å². The molecule has 0 aromatic rings. The number of allylic oxidation sites excluding steroid dienone is 16. The zero-order chi connectivity index (χ0) is 44.4. The van der Waals surface area contributed by atoms with Gasteiger partial charge in [-0.1, -0.05) is 156 Å². The molecule has 1 heterocycles. The van der Waals surface area contributed by atoms with Crippen molar-refractivity contribution in [2.45, 2.75) is 192 Å². The van der Waals surface area contributed by atoms with Crippen molar-refractivity contribution in [1.82, 2.24) is 0 Å². The fourth-order valence-corrected chi connectivity index (χ4v) is 6.24. The van der Waals surface area contributed by atoms with Crippen LogP contribution in [0.3, 0.4) is 0 Å². The molecule has 1 aliphatic heterocycles. The molecule has 1 saturated heterocycles. The second-order valence-electron chi connectivity index (χ2n) is 15.5. The number of esters is 2. The molecule has 1 aliphatic rings. The van der Waals surface area contributed by atoms with Gasteiger partial charge in [-0.05, 0) is 83.5 Å². The van der Waals surface area contributed by atoms with E-state index in [4.69, 9.17) is 18.9 Å². The molecule has 6 atom stereocenters. The van der Waals surface area contributed by atoms with E-state index in [0.29, 0.717) is 19.3 Å². The fourth-order valence-electron chi connectivity index (χ4n) is 6.24. The van der Waals surface area contributed by atoms with Crippen LogP contribution in [-0.4, -0.2) is 89.0 Å². The van der Waals surface area contributed by atoms with Crippen LogP contribution in [0.2, 0.25) is 0 Å². The van der Waals surface area contributed by atoms with Crippen molar-refractivity contribution in [1.29, 1.82) is 0 Å². The van der Waals surface area contributed by atoms with E-state index in [9.17, 15) is 30.0 Å². The highest BCUT2D eigenvalue weighted by Gasteiger charge is 2.44. The summed E-state index contributed by atoms with van der Waals surface area (Å²) in [6.45, 7) is 3.25. The summed E-state index contributed by atoms with van der Waals surface area (Å²) in [6, 6.07) is 0. The van der Waals surface area contributed by atoms with Gasteiger partial charge in [0.2, 0.25) is 0 Å². The van der Waals surface area contributed by atoms with E-state index in [1.807, 2.05) is 18.2 Å². The summed E-state index contributed by atoms with van der Waals surface area (Å²) in [4.78, 5) is 25.3. The molecule has 0 aromatic heterocycles. The fraction of sp³-hybridized carbons (Fsp3) is 0.647. The molecule has 2 unspecified atom stereocenters. The van der Waals surface area contributed by atoms with Crippen molar-refractivity contribution in [3.8, 4) is 0 Å². The molecule has 0 aliphatic carbocycles. The first-order valence-corrected chi connectivity index (χ1v) is 23.3. The number of unbranched alkanes of at least 4 members (excludes halogenated alkanes) is 10. The van der Waals surface area contributed by atoms with Gasteiger partial charge in [0.1, 0.15) is 31.0 Å². The smallest absolute Gasteiger partial charge is 0.306 e. The van der Waals surface area contributed by atoms with Gasteiger partial charge in [-0.15, -0.1) is 0 Å². The van der Waals surface area contributed by atoms with Crippen LogP contribution in [0.1, 0.15) is 155 Å². The van der Waals surface area contributed by atoms with Gasteiger partial charge in [-0.2, -0.15) is 0 Å². The van der Waals surface area contributed by atoms with Crippen LogP contribution in [0, 0.1) is 0 Å². The molecule has 346 valence electrons. The Bertz CT molecular complexity index is 1310. The lowest BCUT2D eigenvalue weighted by Gasteiger charge is -2.39. The van der Waals surface area contributed by atoms with Crippen molar-refractivity contribution in [3.05, 3.63) is 97.2 Å². The van der Waals surface area contributed by atoms with Crippen molar-refractivity contribution in [3.63, 3.8) is 0 Å². The normalized spacial score (nSPS) is 20.7. The molecule has 0 saturated carbocycles. The van der Waals surface area contributed by atoms with Crippen molar-refractivity contribution in [2.75, 3.05) is 19.8 Å². The summed E-state index contributed by atoms with van der Waals surface area (Å²) in [7, 11) is 0. The Kier molecular flexibility index (Phi) is 37.1. The highest BCUT2D eigenvalue weighted by molar-refractivity contribution is 5.70. The van der Waals surface area contributed by atoms with Gasteiger partial charge in [-0.25, -0.2) is 0 Å². The third-order valence-corrected chi connectivity index (χ3v) is 9.95. The Balaban J connectivity index is 2.42. The van der Waals surface area contributed by atoms with Crippen LogP contribution in [0.4, 0.5) is 0 Å². The largest absolute Gasteiger partial charge is 0.462 e. The van der Waals surface area contributed by atoms with Crippen LogP contribution in [0.15, 0.2) is 97.2 Å². The number of ether oxygens (including phenoxy) is 4. The van der Waals surface area contributed by atoms with Gasteiger partial charge >= 0.3 is 11.9 Å². The summed E-state index contributed by atoms with van der Waals surface area (Å²) in [5, 5.41) is 40.1. The van der Waals surface area contributed by atoms with Crippen LogP contribution >= 0.6 is 0 Å². The van der Waals surface area contributed by atoms with Crippen LogP contribution in [0.25, 0.3) is 0 Å². The molecule has 0 radical (unpaired) electrons. The molecule has 10 nitrogen and oxygen atoms in total. The number of hydrogen-bond acceptors (Lipinski definition) is 10. The number of carbonyl (C=O) groups excluding carboxylic acids is 2. The molecule has 0 amide bonds. The number of aliphatic hydroxyl groups is 4. The first-order chi connectivity index (χ1) is 29.8. The lowest BCUT2D eigenvalue weighted by Crippen LogP contribution is -2.59. The average Bonchev–Trinajstić information content (AvgIpc) is 3.26. The average molecular weight is 855 g/mol. The highest BCUT2D eigenvalue weighted by Crippen LogP contribution is 2.22. The molecule has 1 fully saturated rings. The Hall–Kier alpha value is -3.38. The summed E-state index contributed by atoms with van der Waals surface area (Å²) in [5.74, 6) is -0.973. The molecular formula is C51H82O10. The SMILES string of the molecule is CCCCC/C=C/C/C=C/C/C=C/C/C=C/C/C=C/CCC(=O)OC[C@@H](CO[C@H]1O[C@@H](CO)[C@@H](O)C(O)C1O)OC(=O)CCC/C=C/C/C=C/C/C=C/CCCCCCCC. The maximum atomic E-state index is 12.8. The van der Waals surface area contributed by atoms with Gasteiger partial charge in [0.05, 0.1) is 13.2 Å². The molecule has 0 aromatic carbocycles. The van der Waals surface area contributed by atoms with E-state index < -0.39 is 55.4 Å². The lowest BCUT2D eigenvalue weighted by atomic mass is 9.99. The molecule has 1 rings (SSSR count). The zero-order valence-corrected chi connectivity index (χ0v) is 37.6. The highest BCUT2D eigenvalue weighted by atomic mass is 16.7. The topological polar surface area (TPSA) is 152 Å². The standard InChI is InChI=1S/C51H82O10/c1-3-5-7-9-11-13-15-17-19-21-22-24-25-27-29-31-33-35-37-39-46(53)58-42-44(43-59-51-50(57)49(56)48(55)45(41-52)61-51)60-47(54)40-38-36-34-32-30-28-26-23-20-18-16-14-12-10-8-6-4-2/h11,13,17-20,22,24,26-29,32-35,44-45,48-52,55-57H,3-10,12,14-16,21,23,25,30-31,36-43H2,1-2H3/b13-11+,19-17+,20-18+,24-22+,28-26+,29-27+,34-32+,35-33+/t44-,45-,48+,49?,50?,51-/m0/s1. The van der Waals surface area contributed by atoms with Gasteiger partial charge in [-0.3, -0.25) is 9.59 Å². The molecule has 61 heavy (non-hydrogen) atoms. The molecular weight excluding hydrogens is 773 g/mol. The quantitative estimate of drug-likeness (QED) is 0.0270. The van der Waals surface area contributed by atoms with Crippen LogP contribution < -0.4 is 0 Å². The number of aliphatic hydroxyl groups excluding tert-OH is 4. The van der Waals surface area contributed by atoms with Crippen molar-refractivity contribution >= 4 is 11.9 Å². The summed E-state index contributed by atoms with van der Waals surface area (Å²) in [6.07, 6.45) is 47.1. The van der Waals surface area contributed by atoms with E-state index >= 15 is 0 Å². The van der Waals surface area contributed by atoms with E-state index in [0.717, 1.165) is 44.9 Å². The van der Waals surface area contributed by atoms with E-state index in [1.54, 1.807) is 0 Å². The van der Waals surface area contributed by atoms with E-state index in [1.165, 1.54) is 64.2 Å². The van der Waals surface area contributed by atoms with E-state index in [-0.39, 0.29) is 26.1 Å². The minimum Gasteiger partial charge on any atom is -0.462 e. The number of rotatable bonds is 37. The van der Waals surface area contributed by atoms with Crippen LogP contribution in [0.5, 0.6) is 0 Å². The van der Waals surface area contributed by atoms with Gasteiger partial charge < -0.3 is 39.4 Å². The number of carbonyl (C=O) groups is 2. The third-order valence-electron chi connectivity index (χ3n) is 9.95. The Labute approximate surface area is 368 Å². The summed E-state index contributed by atoms with van der Waals surface area (Å²) < 4.78 is 22.0. The van der Waals surface area contributed by atoms with Crippen LogP contribution in [-0.2, 0) is 28.5 Å². The summed E-state index contributed by atoms with van der Waals surface area (Å²) >= 11 is 0. The maximum Gasteiger partial charge on any atom is 0.306 e. The Morgan fingerprint density at radius 1 is 0.508 bits per heavy atom. The van der Waals surface area contributed by atoms with Crippen molar-refractivity contribution in [2.24, 2.45) is 0 Å². The molecule has 0 bridgehead atoms. The molecule has 10 heteroatoms. The Morgan fingerprint density at radius 2 is 0.951 bits per heavy atom. The predicted molar refractivity (Wildman–Crippen MR) is 247 cm³/mol. The van der Waals surface area contributed by atoms with E-state index in [2.05, 4.69) is 92.8 Å². The third kappa shape index (κ3) is 32.0. The van der Waals surface area contributed by atoms with Gasteiger partial charge in [0.25, 0.3) is 0 Å². The minimum atomic E-state index is -1.62. The predicted octanol–water partition coefficient (Wildman–Crippen LogP) is 10.3. The second-order valence-corrected chi connectivity index (χ2v) is 15.5. The number of hydrogen-bond donors (Lipinski definition) is 4. The molecule has 4 N–H and O–H groups in total. The Morgan fingerprint density at radius 3 is 1.48 bits per heavy atom. The minimum absolute atomic E-state index is 0.136. The second kappa shape index (κ2) is 40.7. The maximum absolute atomic E-state index is 12.8. The first kappa shape index (κ1) is 55.6.